The Bertz CT molecular complexity index is 999. The van der Waals surface area contributed by atoms with Crippen molar-refractivity contribution in [2.24, 2.45) is 0 Å². The molecule has 4 rings (SSSR count). The highest BCUT2D eigenvalue weighted by atomic mass is 31.2. The standard InChI is InChI=1S/C22H23O3P/c1-14(2)20-19(16-10-6-5-7-11-16)21-22(25-20)24-17-12-8-9-13-18(17)26(21,23)15(3)4/h5-15H,1-4H3. The molecule has 0 fully saturated rings. The Hall–Kier alpha value is -2.25. The topological polar surface area (TPSA) is 39.4 Å². The zero-order valence-electron chi connectivity index (χ0n) is 15.5. The number of furan rings is 1. The largest absolute Gasteiger partial charge is 0.429 e. The molecule has 0 spiro atoms. The van der Waals surface area contributed by atoms with Crippen LogP contribution < -0.4 is 15.3 Å². The first kappa shape index (κ1) is 17.2. The summed E-state index contributed by atoms with van der Waals surface area (Å²) in [6, 6.07) is 17.7. The van der Waals surface area contributed by atoms with Gasteiger partial charge in [0.1, 0.15) is 16.8 Å². The van der Waals surface area contributed by atoms with Crippen molar-refractivity contribution in [3.63, 3.8) is 0 Å². The molecule has 0 radical (unpaired) electrons. The second kappa shape index (κ2) is 6.17. The van der Waals surface area contributed by atoms with E-state index in [1.165, 1.54) is 0 Å². The molecule has 26 heavy (non-hydrogen) atoms. The van der Waals surface area contributed by atoms with Crippen molar-refractivity contribution in [1.82, 2.24) is 0 Å². The maximum absolute atomic E-state index is 14.5. The summed E-state index contributed by atoms with van der Waals surface area (Å²) < 4.78 is 26.7. The third-order valence-electron chi connectivity index (χ3n) is 4.95. The van der Waals surface area contributed by atoms with Crippen molar-refractivity contribution >= 4 is 17.8 Å². The maximum Gasteiger partial charge on any atom is 0.302 e. The Morgan fingerprint density at radius 2 is 1.54 bits per heavy atom. The summed E-state index contributed by atoms with van der Waals surface area (Å²) in [5, 5.41) is 1.52. The lowest BCUT2D eigenvalue weighted by molar-refractivity contribution is 0.330. The summed E-state index contributed by atoms with van der Waals surface area (Å²) in [6.07, 6.45) is 0. The molecule has 1 atom stereocenters. The molecule has 0 N–H and O–H groups in total. The van der Waals surface area contributed by atoms with E-state index < -0.39 is 7.14 Å². The molecule has 2 heterocycles. The summed E-state index contributed by atoms with van der Waals surface area (Å²) in [5.74, 6) is 2.02. The molecule has 134 valence electrons. The molecule has 1 aliphatic rings. The molecular weight excluding hydrogens is 343 g/mol. The molecule has 0 amide bonds. The number of benzene rings is 2. The summed E-state index contributed by atoms with van der Waals surface area (Å²) >= 11 is 0. The molecular formula is C22H23O3P. The van der Waals surface area contributed by atoms with Crippen molar-refractivity contribution in [2.45, 2.75) is 39.3 Å². The predicted molar refractivity (Wildman–Crippen MR) is 107 cm³/mol. The van der Waals surface area contributed by atoms with E-state index in [9.17, 15) is 4.57 Å². The van der Waals surface area contributed by atoms with E-state index in [1.54, 1.807) is 0 Å². The summed E-state index contributed by atoms with van der Waals surface area (Å²) in [7, 11) is -2.91. The first-order chi connectivity index (χ1) is 12.4. The lowest BCUT2D eigenvalue weighted by Gasteiger charge is -2.29. The SMILES string of the molecule is CC(C)c1oc2c(c1-c1ccccc1)P(=O)(C(C)C)c1ccccc1O2. The average Bonchev–Trinajstić information content (AvgIpc) is 3.03. The van der Waals surface area contributed by atoms with Crippen LogP contribution in [0.25, 0.3) is 11.1 Å². The van der Waals surface area contributed by atoms with Gasteiger partial charge in [0.25, 0.3) is 0 Å². The van der Waals surface area contributed by atoms with Crippen LogP contribution in [0, 0.1) is 0 Å². The van der Waals surface area contributed by atoms with Crippen molar-refractivity contribution in [3.05, 3.63) is 60.4 Å². The number of rotatable bonds is 3. The van der Waals surface area contributed by atoms with E-state index in [1.807, 2.05) is 68.4 Å². The quantitative estimate of drug-likeness (QED) is 0.542. The highest BCUT2D eigenvalue weighted by Gasteiger charge is 2.45. The van der Waals surface area contributed by atoms with Crippen LogP contribution >= 0.6 is 7.14 Å². The molecule has 0 aliphatic carbocycles. The Morgan fingerprint density at radius 1 is 0.885 bits per heavy atom. The van der Waals surface area contributed by atoms with Crippen LogP contribution in [0.4, 0.5) is 0 Å². The lowest BCUT2D eigenvalue weighted by atomic mass is 10.0. The van der Waals surface area contributed by atoms with Crippen LogP contribution in [0.2, 0.25) is 0 Å². The van der Waals surface area contributed by atoms with Gasteiger partial charge < -0.3 is 13.7 Å². The van der Waals surface area contributed by atoms with Gasteiger partial charge in [-0.2, -0.15) is 0 Å². The molecule has 4 heteroatoms. The van der Waals surface area contributed by atoms with Crippen LogP contribution in [0.3, 0.4) is 0 Å². The zero-order chi connectivity index (χ0) is 18.5. The average molecular weight is 366 g/mol. The number of ether oxygens (including phenoxy) is 1. The summed E-state index contributed by atoms with van der Waals surface area (Å²) in [5.41, 5.74) is 1.90. The van der Waals surface area contributed by atoms with E-state index in [0.717, 1.165) is 27.5 Å². The van der Waals surface area contributed by atoms with Gasteiger partial charge in [-0.15, -0.1) is 0 Å². The van der Waals surface area contributed by atoms with Gasteiger partial charge in [-0.25, -0.2) is 0 Å². The molecule has 1 unspecified atom stereocenters. The third-order valence-corrected chi connectivity index (χ3v) is 8.56. The van der Waals surface area contributed by atoms with Crippen LogP contribution in [0.15, 0.2) is 59.0 Å². The van der Waals surface area contributed by atoms with Crippen molar-refractivity contribution < 1.29 is 13.7 Å². The van der Waals surface area contributed by atoms with Gasteiger partial charge in [0, 0.05) is 17.1 Å². The predicted octanol–water partition coefficient (Wildman–Crippen LogP) is 5.90. The van der Waals surface area contributed by atoms with E-state index >= 15 is 0 Å². The second-order valence-corrected chi connectivity index (χ2v) is 10.6. The summed E-state index contributed by atoms with van der Waals surface area (Å²) in [4.78, 5) is 0. The van der Waals surface area contributed by atoms with E-state index in [4.69, 9.17) is 9.15 Å². The fourth-order valence-corrected chi connectivity index (χ4v) is 6.66. The number of hydrogen-bond donors (Lipinski definition) is 0. The minimum absolute atomic E-state index is 0.0497. The van der Waals surface area contributed by atoms with Gasteiger partial charge in [0.2, 0.25) is 0 Å². The normalized spacial score (nSPS) is 18.5. The van der Waals surface area contributed by atoms with Gasteiger partial charge in [-0.1, -0.05) is 70.2 Å². The van der Waals surface area contributed by atoms with Crippen LogP contribution in [-0.4, -0.2) is 5.66 Å². The maximum atomic E-state index is 14.5. The fourth-order valence-electron chi connectivity index (χ4n) is 3.65. The molecule has 0 bridgehead atoms. The Labute approximate surface area is 154 Å². The molecule has 2 aromatic carbocycles. The highest BCUT2D eigenvalue weighted by molar-refractivity contribution is 7.80. The molecule has 0 saturated carbocycles. The van der Waals surface area contributed by atoms with Gasteiger partial charge in [0.05, 0.1) is 5.30 Å². The Morgan fingerprint density at radius 3 is 2.19 bits per heavy atom. The minimum Gasteiger partial charge on any atom is -0.429 e. The van der Waals surface area contributed by atoms with E-state index in [2.05, 4.69) is 13.8 Å². The van der Waals surface area contributed by atoms with Crippen LogP contribution in [-0.2, 0) is 4.57 Å². The molecule has 3 nitrogen and oxygen atoms in total. The molecule has 3 aromatic rings. The first-order valence-corrected chi connectivity index (χ1v) is 10.8. The van der Waals surface area contributed by atoms with Crippen molar-refractivity contribution in [1.29, 1.82) is 0 Å². The van der Waals surface area contributed by atoms with Crippen molar-refractivity contribution in [3.8, 4) is 22.8 Å². The zero-order valence-corrected chi connectivity index (χ0v) is 16.4. The van der Waals surface area contributed by atoms with Gasteiger partial charge in [0.15, 0.2) is 7.14 Å². The number of fused-ring (bicyclic) bond motifs is 2. The van der Waals surface area contributed by atoms with Gasteiger partial charge in [-0.3, -0.25) is 0 Å². The lowest BCUT2D eigenvalue weighted by Crippen LogP contribution is -2.28. The minimum atomic E-state index is -2.91. The van der Waals surface area contributed by atoms with Crippen LogP contribution in [0.5, 0.6) is 11.7 Å². The van der Waals surface area contributed by atoms with E-state index in [0.29, 0.717) is 11.7 Å². The monoisotopic (exact) mass is 366 g/mol. The Kier molecular flexibility index (Phi) is 4.08. The number of hydrogen-bond acceptors (Lipinski definition) is 3. The van der Waals surface area contributed by atoms with Crippen LogP contribution in [0.1, 0.15) is 39.4 Å². The Balaban J connectivity index is 2.10. The molecule has 0 saturated heterocycles. The highest BCUT2D eigenvalue weighted by Crippen LogP contribution is 2.59. The summed E-state index contributed by atoms with van der Waals surface area (Å²) in [6.45, 7) is 8.21. The second-order valence-electron chi connectivity index (χ2n) is 7.32. The molecule has 1 aromatic heterocycles. The third kappa shape index (κ3) is 2.38. The first-order valence-electron chi connectivity index (χ1n) is 9.04. The van der Waals surface area contributed by atoms with Gasteiger partial charge >= 0.3 is 5.95 Å². The van der Waals surface area contributed by atoms with Crippen molar-refractivity contribution in [2.75, 3.05) is 0 Å². The van der Waals surface area contributed by atoms with E-state index in [-0.39, 0.29) is 11.6 Å². The molecule has 1 aliphatic heterocycles. The van der Waals surface area contributed by atoms with Gasteiger partial charge in [-0.05, 0) is 17.7 Å². The fraction of sp³-hybridized carbons (Fsp3) is 0.273. The number of para-hydroxylation sites is 1. The smallest absolute Gasteiger partial charge is 0.302 e.